The highest BCUT2D eigenvalue weighted by atomic mass is 19.1. The third-order valence-corrected chi connectivity index (χ3v) is 5.62. The fraction of sp³-hybridized carbons (Fsp3) is 0.391. The Morgan fingerprint density at radius 3 is 2.28 bits per heavy atom. The molecule has 0 aliphatic carbocycles. The van der Waals surface area contributed by atoms with Gasteiger partial charge in [0.1, 0.15) is 5.82 Å². The first-order valence-electron chi connectivity index (χ1n) is 9.99. The van der Waals surface area contributed by atoms with E-state index in [4.69, 9.17) is 0 Å². The van der Waals surface area contributed by atoms with Gasteiger partial charge in [-0.05, 0) is 55.3 Å². The molecule has 0 bridgehead atoms. The van der Waals surface area contributed by atoms with Crippen molar-refractivity contribution in [2.45, 2.75) is 27.2 Å². The molecule has 1 heterocycles. The second-order valence-electron chi connectivity index (χ2n) is 7.48. The average molecular weight is 397 g/mol. The number of halogens is 1. The van der Waals surface area contributed by atoms with E-state index in [9.17, 15) is 14.0 Å². The monoisotopic (exact) mass is 397 g/mol. The van der Waals surface area contributed by atoms with Gasteiger partial charge >= 0.3 is 0 Å². The zero-order chi connectivity index (χ0) is 21.0. The number of piperazine rings is 1. The second-order valence-corrected chi connectivity index (χ2v) is 7.48. The van der Waals surface area contributed by atoms with Crippen LogP contribution in [0, 0.1) is 19.7 Å². The molecule has 2 aromatic rings. The number of hydrogen-bond acceptors (Lipinski definition) is 3. The van der Waals surface area contributed by atoms with Gasteiger partial charge in [-0.3, -0.25) is 9.59 Å². The van der Waals surface area contributed by atoms with Gasteiger partial charge in [0.15, 0.2) is 0 Å². The molecule has 3 rings (SSSR count). The van der Waals surface area contributed by atoms with Crippen molar-refractivity contribution in [3.63, 3.8) is 0 Å². The summed E-state index contributed by atoms with van der Waals surface area (Å²) in [6.45, 7) is 8.60. The van der Waals surface area contributed by atoms with Crippen LogP contribution in [0.5, 0.6) is 0 Å². The van der Waals surface area contributed by atoms with Gasteiger partial charge in [-0.1, -0.05) is 12.1 Å². The Kier molecular flexibility index (Phi) is 6.52. The molecule has 154 valence electrons. The molecule has 1 aliphatic rings. The van der Waals surface area contributed by atoms with Gasteiger partial charge in [-0.25, -0.2) is 4.39 Å². The lowest BCUT2D eigenvalue weighted by Crippen LogP contribution is -2.49. The Balaban J connectivity index is 1.57. The molecule has 0 saturated carbocycles. The third-order valence-electron chi connectivity index (χ3n) is 5.62. The van der Waals surface area contributed by atoms with Gasteiger partial charge in [-0.15, -0.1) is 0 Å². The van der Waals surface area contributed by atoms with Crippen LogP contribution in [0.25, 0.3) is 0 Å². The first-order valence-corrected chi connectivity index (χ1v) is 9.99. The Morgan fingerprint density at radius 2 is 1.66 bits per heavy atom. The van der Waals surface area contributed by atoms with Gasteiger partial charge in [0.05, 0.1) is 0 Å². The van der Waals surface area contributed by atoms with Crippen LogP contribution in [0.2, 0.25) is 0 Å². The molecule has 29 heavy (non-hydrogen) atoms. The predicted molar refractivity (Wildman–Crippen MR) is 114 cm³/mol. The number of nitrogens with zero attached hydrogens (tertiary/aromatic N) is 3. The lowest BCUT2D eigenvalue weighted by atomic mass is 10.1. The van der Waals surface area contributed by atoms with Crippen molar-refractivity contribution < 1.29 is 14.0 Å². The van der Waals surface area contributed by atoms with E-state index in [1.807, 2.05) is 36.9 Å². The van der Waals surface area contributed by atoms with Gasteiger partial charge in [0.2, 0.25) is 11.8 Å². The van der Waals surface area contributed by atoms with Crippen LogP contribution >= 0.6 is 0 Å². The normalized spacial score (nSPS) is 14.1. The summed E-state index contributed by atoms with van der Waals surface area (Å²) in [5, 5.41) is 0. The fourth-order valence-corrected chi connectivity index (χ4v) is 3.71. The van der Waals surface area contributed by atoms with Crippen LogP contribution in [0.3, 0.4) is 0 Å². The maximum absolute atomic E-state index is 13.1. The van der Waals surface area contributed by atoms with Crippen LogP contribution in [0.15, 0.2) is 42.5 Å². The first-order chi connectivity index (χ1) is 13.9. The standard InChI is InChI=1S/C23H28FN3O2/c1-17-5-4-6-22(18(17)2)27(19(3)28)12-11-23(29)26-15-13-25(14-16-26)21-9-7-20(24)8-10-21/h4-10H,11-16H2,1-3H3. The Morgan fingerprint density at radius 1 is 1.00 bits per heavy atom. The minimum Gasteiger partial charge on any atom is -0.368 e. The lowest BCUT2D eigenvalue weighted by molar-refractivity contribution is -0.131. The molecule has 2 aromatic carbocycles. The van der Waals surface area contributed by atoms with Crippen LogP contribution in [-0.4, -0.2) is 49.4 Å². The van der Waals surface area contributed by atoms with Crippen molar-refractivity contribution >= 4 is 23.2 Å². The van der Waals surface area contributed by atoms with E-state index in [0.29, 0.717) is 39.1 Å². The lowest BCUT2D eigenvalue weighted by Gasteiger charge is -2.36. The zero-order valence-electron chi connectivity index (χ0n) is 17.3. The predicted octanol–water partition coefficient (Wildman–Crippen LogP) is 3.53. The minimum atomic E-state index is -0.249. The Bertz CT molecular complexity index is 874. The molecule has 5 nitrogen and oxygen atoms in total. The first kappa shape index (κ1) is 20.8. The molecule has 0 N–H and O–H groups in total. The molecule has 0 unspecified atom stereocenters. The van der Waals surface area contributed by atoms with Crippen molar-refractivity contribution in [2.75, 3.05) is 42.5 Å². The summed E-state index contributed by atoms with van der Waals surface area (Å²) in [6, 6.07) is 12.3. The fourth-order valence-electron chi connectivity index (χ4n) is 3.71. The summed E-state index contributed by atoms with van der Waals surface area (Å²) in [5.41, 5.74) is 4.02. The summed E-state index contributed by atoms with van der Waals surface area (Å²) >= 11 is 0. The molecule has 0 radical (unpaired) electrons. The average Bonchev–Trinajstić information content (AvgIpc) is 2.71. The topological polar surface area (TPSA) is 43.9 Å². The van der Waals surface area contributed by atoms with Crippen molar-refractivity contribution in [1.29, 1.82) is 0 Å². The smallest absolute Gasteiger partial charge is 0.224 e. The number of anilines is 2. The number of benzene rings is 2. The second kappa shape index (κ2) is 9.07. The highest BCUT2D eigenvalue weighted by Crippen LogP contribution is 2.23. The van der Waals surface area contributed by atoms with Gasteiger partial charge in [0.25, 0.3) is 0 Å². The van der Waals surface area contributed by atoms with Crippen LogP contribution in [0.1, 0.15) is 24.5 Å². The quantitative estimate of drug-likeness (QED) is 0.775. The minimum absolute atomic E-state index is 0.0558. The molecule has 0 spiro atoms. The molecule has 0 atom stereocenters. The van der Waals surface area contributed by atoms with E-state index in [-0.39, 0.29) is 17.6 Å². The maximum atomic E-state index is 13.1. The van der Waals surface area contributed by atoms with Crippen LogP contribution < -0.4 is 9.80 Å². The molecular weight excluding hydrogens is 369 g/mol. The van der Waals surface area contributed by atoms with Gasteiger partial charge in [-0.2, -0.15) is 0 Å². The van der Waals surface area contributed by atoms with Crippen molar-refractivity contribution in [3.8, 4) is 0 Å². The number of amides is 2. The van der Waals surface area contributed by atoms with E-state index in [1.54, 1.807) is 17.0 Å². The highest BCUT2D eigenvalue weighted by Gasteiger charge is 2.23. The van der Waals surface area contributed by atoms with Gasteiger partial charge < -0.3 is 14.7 Å². The SMILES string of the molecule is CC(=O)N(CCC(=O)N1CCN(c2ccc(F)cc2)CC1)c1cccc(C)c1C. The van der Waals surface area contributed by atoms with E-state index in [1.165, 1.54) is 19.1 Å². The molecule has 0 aromatic heterocycles. The highest BCUT2D eigenvalue weighted by molar-refractivity contribution is 5.93. The molecule has 6 heteroatoms. The summed E-state index contributed by atoms with van der Waals surface area (Å²) < 4.78 is 13.1. The zero-order valence-corrected chi connectivity index (χ0v) is 17.3. The molecule has 1 aliphatic heterocycles. The van der Waals surface area contributed by atoms with E-state index in [0.717, 1.165) is 22.5 Å². The molecule has 1 saturated heterocycles. The van der Waals surface area contributed by atoms with Crippen molar-refractivity contribution in [1.82, 2.24) is 4.90 Å². The molecule has 1 fully saturated rings. The van der Waals surface area contributed by atoms with Crippen molar-refractivity contribution in [3.05, 3.63) is 59.4 Å². The van der Waals surface area contributed by atoms with E-state index < -0.39 is 0 Å². The third kappa shape index (κ3) is 4.94. The number of carbonyl (C=O) groups excluding carboxylic acids is 2. The van der Waals surface area contributed by atoms with E-state index in [2.05, 4.69) is 4.90 Å². The summed E-state index contributed by atoms with van der Waals surface area (Å²) in [4.78, 5) is 30.6. The Labute approximate surface area is 171 Å². The van der Waals surface area contributed by atoms with Gasteiger partial charge in [0, 0.05) is 57.4 Å². The summed E-state index contributed by atoms with van der Waals surface area (Å²) in [6.07, 6.45) is 0.295. The number of carbonyl (C=O) groups is 2. The number of rotatable bonds is 5. The van der Waals surface area contributed by atoms with Crippen LogP contribution in [-0.2, 0) is 9.59 Å². The summed E-state index contributed by atoms with van der Waals surface area (Å²) in [5.74, 6) is -0.255. The largest absolute Gasteiger partial charge is 0.368 e. The number of hydrogen-bond donors (Lipinski definition) is 0. The van der Waals surface area contributed by atoms with E-state index >= 15 is 0 Å². The maximum Gasteiger partial charge on any atom is 0.224 e. The molecule has 2 amide bonds. The summed E-state index contributed by atoms with van der Waals surface area (Å²) in [7, 11) is 0. The number of aryl methyl sites for hydroxylation is 1. The van der Waals surface area contributed by atoms with Crippen molar-refractivity contribution in [2.24, 2.45) is 0 Å². The van der Waals surface area contributed by atoms with Crippen LogP contribution in [0.4, 0.5) is 15.8 Å². The molecular formula is C23H28FN3O2. The Hall–Kier alpha value is -2.89.